The molecule has 1 aromatic heterocycles. The fourth-order valence-electron chi connectivity index (χ4n) is 3.92. The number of para-hydroxylation sites is 2. The average Bonchev–Trinajstić information content (AvgIpc) is 3.26. The Morgan fingerprint density at radius 3 is 2.76 bits per heavy atom. The summed E-state index contributed by atoms with van der Waals surface area (Å²) in [6.07, 6.45) is 2.77. The molecule has 9 nitrogen and oxygen atoms in total. The van der Waals surface area contributed by atoms with Crippen LogP contribution in [0.15, 0.2) is 42.4 Å². The first-order chi connectivity index (χ1) is 16.0. The van der Waals surface area contributed by atoms with Crippen molar-refractivity contribution >= 4 is 23.1 Å². The van der Waals surface area contributed by atoms with Crippen molar-refractivity contribution in [2.24, 2.45) is 0 Å². The maximum atomic E-state index is 12.5. The normalized spacial score (nSPS) is 17.1. The molecule has 4 rings (SSSR count). The molecule has 9 heteroatoms. The number of allylic oxidation sites excluding steroid dienone is 1. The molecule has 1 amide bonds. The standard InChI is InChI=1S/C24H29N7O2/c1-17(2)30-12-14-31(15-13-30)22(32)8-5-10-26-24-27-11-9-19(29-24)18(16-25)23-28-20-6-3-4-7-21(20)33-23/h3-4,6-7,9,11,17,28H,5,8,10,12-15H2,1-2H3,(H,26,27,29). The minimum absolute atomic E-state index is 0.190. The Morgan fingerprint density at radius 2 is 2.03 bits per heavy atom. The van der Waals surface area contributed by atoms with Gasteiger partial charge in [-0.3, -0.25) is 9.69 Å². The Labute approximate surface area is 194 Å². The summed E-state index contributed by atoms with van der Waals surface area (Å²) in [4.78, 5) is 25.5. The molecular weight excluding hydrogens is 418 g/mol. The molecule has 33 heavy (non-hydrogen) atoms. The zero-order valence-electron chi connectivity index (χ0n) is 19.0. The minimum atomic E-state index is 0.190. The van der Waals surface area contributed by atoms with Crippen LogP contribution in [0.25, 0.3) is 5.57 Å². The van der Waals surface area contributed by atoms with Gasteiger partial charge >= 0.3 is 0 Å². The lowest BCUT2D eigenvalue weighted by atomic mass is 10.2. The lowest BCUT2D eigenvalue weighted by molar-refractivity contribution is -0.133. The summed E-state index contributed by atoms with van der Waals surface area (Å²) in [5.41, 5.74) is 1.57. The predicted molar refractivity (Wildman–Crippen MR) is 126 cm³/mol. The molecule has 2 aliphatic rings. The number of fused-ring (bicyclic) bond motifs is 1. The van der Waals surface area contributed by atoms with Crippen LogP contribution in [0.3, 0.4) is 0 Å². The Morgan fingerprint density at radius 1 is 1.24 bits per heavy atom. The van der Waals surface area contributed by atoms with Gasteiger partial charge in [0.05, 0.1) is 11.4 Å². The molecule has 0 atom stereocenters. The number of carbonyl (C=O) groups excluding carboxylic acids is 1. The minimum Gasteiger partial charge on any atom is -0.437 e. The Hall–Kier alpha value is -3.64. The van der Waals surface area contributed by atoms with Gasteiger partial charge in [0, 0.05) is 51.4 Å². The third-order valence-corrected chi connectivity index (χ3v) is 5.85. The van der Waals surface area contributed by atoms with E-state index in [4.69, 9.17) is 4.74 Å². The number of hydrogen-bond acceptors (Lipinski definition) is 8. The zero-order valence-corrected chi connectivity index (χ0v) is 19.0. The quantitative estimate of drug-likeness (QED) is 0.493. The van der Waals surface area contributed by atoms with Gasteiger partial charge in [-0.1, -0.05) is 12.1 Å². The highest BCUT2D eigenvalue weighted by molar-refractivity contribution is 5.81. The largest absolute Gasteiger partial charge is 0.437 e. The van der Waals surface area contributed by atoms with E-state index in [1.807, 2.05) is 29.2 Å². The number of amides is 1. The first-order valence-corrected chi connectivity index (χ1v) is 11.3. The number of piperazine rings is 1. The molecular formula is C24H29N7O2. The van der Waals surface area contributed by atoms with Crippen molar-refractivity contribution in [3.8, 4) is 11.8 Å². The van der Waals surface area contributed by atoms with Crippen molar-refractivity contribution in [2.75, 3.05) is 43.4 Å². The molecule has 1 fully saturated rings. The SMILES string of the molecule is CC(C)N1CCN(C(=O)CCCNc2nccc(C(C#N)=C3Nc4ccccc4O3)n2)CC1. The van der Waals surface area contributed by atoms with Crippen LogP contribution >= 0.6 is 0 Å². The average molecular weight is 448 g/mol. The first-order valence-electron chi connectivity index (χ1n) is 11.3. The van der Waals surface area contributed by atoms with E-state index in [0.29, 0.717) is 54.3 Å². The third kappa shape index (κ3) is 5.41. The fourth-order valence-corrected chi connectivity index (χ4v) is 3.92. The number of nitrogens with zero attached hydrogens (tertiary/aromatic N) is 5. The maximum Gasteiger partial charge on any atom is 0.223 e. The summed E-state index contributed by atoms with van der Waals surface area (Å²) in [6.45, 7) is 8.40. The van der Waals surface area contributed by atoms with Gasteiger partial charge in [-0.25, -0.2) is 9.97 Å². The van der Waals surface area contributed by atoms with Crippen molar-refractivity contribution < 1.29 is 9.53 Å². The molecule has 3 heterocycles. The number of benzene rings is 1. The molecule has 2 N–H and O–H groups in total. The molecule has 172 valence electrons. The number of nitriles is 1. The van der Waals surface area contributed by atoms with Gasteiger partial charge in [-0.2, -0.15) is 5.26 Å². The smallest absolute Gasteiger partial charge is 0.223 e. The van der Waals surface area contributed by atoms with Gasteiger partial charge in [0.25, 0.3) is 0 Å². The fraction of sp³-hybridized carbons (Fsp3) is 0.417. The van der Waals surface area contributed by atoms with Crippen LogP contribution in [-0.2, 0) is 4.79 Å². The van der Waals surface area contributed by atoms with E-state index in [9.17, 15) is 10.1 Å². The van der Waals surface area contributed by atoms with E-state index < -0.39 is 0 Å². The predicted octanol–water partition coefficient (Wildman–Crippen LogP) is 2.92. The lowest BCUT2D eigenvalue weighted by Gasteiger charge is -2.37. The van der Waals surface area contributed by atoms with E-state index in [-0.39, 0.29) is 5.91 Å². The van der Waals surface area contributed by atoms with Crippen molar-refractivity contribution in [3.63, 3.8) is 0 Å². The third-order valence-electron chi connectivity index (χ3n) is 5.85. The molecule has 2 aromatic rings. The van der Waals surface area contributed by atoms with Crippen LogP contribution in [0, 0.1) is 11.3 Å². The van der Waals surface area contributed by atoms with Crippen molar-refractivity contribution in [1.29, 1.82) is 5.26 Å². The number of ether oxygens (including phenoxy) is 1. The number of hydrogen-bond donors (Lipinski definition) is 2. The number of rotatable bonds is 7. The highest BCUT2D eigenvalue weighted by Crippen LogP contribution is 2.35. The monoisotopic (exact) mass is 447 g/mol. The molecule has 1 aromatic carbocycles. The Kier molecular flexibility index (Phi) is 7.05. The zero-order chi connectivity index (χ0) is 23.2. The highest BCUT2D eigenvalue weighted by atomic mass is 16.5. The van der Waals surface area contributed by atoms with Gasteiger partial charge in [-0.15, -0.1) is 0 Å². The summed E-state index contributed by atoms with van der Waals surface area (Å²) in [7, 11) is 0. The first kappa shape index (κ1) is 22.6. The van der Waals surface area contributed by atoms with Gasteiger partial charge in [0.15, 0.2) is 5.75 Å². The maximum absolute atomic E-state index is 12.5. The second kappa shape index (κ2) is 10.3. The molecule has 2 aliphatic heterocycles. The second-order valence-corrected chi connectivity index (χ2v) is 8.35. The van der Waals surface area contributed by atoms with Gasteiger partial charge < -0.3 is 20.3 Å². The molecule has 0 aliphatic carbocycles. The number of carbonyl (C=O) groups is 1. The van der Waals surface area contributed by atoms with Crippen LogP contribution in [0.1, 0.15) is 32.4 Å². The lowest BCUT2D eigenvalue weighted by Crippen LogP contribution is -2.50. The molecule has 0 radical (unpaired) electrons. The topological polar surface area (TPSA) is 106 Å². The van der Waals surface area contributed by atoms with E-state index >= 15 is 0 Å². The van der Waals surface area contributed by atoms with E-state index in [1.165, 1.54) is 0 Å². The Bertz CT molecular complexity index is 1040. The Balaban J connectivity index is 1.29. The molecule has 0 unspecified atom stereocenters. The summed E-state index contributed by atoms with van der Waals surface area (Å²) >= 11 is 0. The van der Waals surface area contributed by atoms with Gasteiger partial charge in [0.2, 0.25) is 17.7 Å². The molecule has 0 spiro atoms. The molecule has 0 bridgehead atoms. The van der Waals surface area contributed by atoms with Crippen LogP contribution in [0.2, 0.25) is 0 Å². The summed E-state index contributed by atoms with van der Waals surface area (Å²) in [5.74, 6) is 1.62. The second-order valence-electron chi connectivity index (χ2n) is 8.35. The summed E-state index contributed by atoms with van der Waals surface area (Å²) in [5, 5.41) is 16.0. The summed E-state index contributed by atoms with van der Waals surface area (Å²) < 4.78 is 5.78. The molecule has 1 saturated heterocycles. The number of nitrogens with one attached hydrogen (secondary N) is 2. The number of anilines is 2. The highest BCUT2D eigenvalue weighted by Gasteiger charge is 2.23. The van der Waals surface area contributed by atoms with Crippen LogP contribution in [-0.4, -0.2) is 64.4 Å². The number of aromatic nitrogens is 2. The van der Waals surface area contributed by atoms with Crippen molar-refractivity contribution in [3.05, 3.63) is 48.1 Å². The van der Waals surface area contributed by atoms with E-state index in [2.05, 4.69) is 45.4 Å². The van der Waals surface area contributed by atoms with Crippen LogP contribution in [0.5, 0.6) is 5.75 Å². The van der Waals surface area contributed by atoms with Crippen molar-refractivity contribution in [2.45, 2.75) is 32.7 Å². The van der Waals surface area contributed by atoms with E-state index in [1.54, 1.807) is 12.3 Å². The van der Waals surface area contributed by atoms with Crippen LogP contribution < -0.4 is 15.4 Å². The van der Waals surface area contributed by atoms with Crippen LogP contribution in [0.4, 0.5) is 11.6 Å². The van der Waals surface area contributed by atoms with Crippen molar-refractivity contribution in [1.82, 2.24) is 19.8 Å². The summed E-state index contributed by atoms with van der Waals surface area (Å²) in [6, 6.07) is 11.9. The van der Waals surface area contributed by atoms with Gasteiger partial charge in [0.1, 0.15) is 11.6 Å². The van der Waals surface area contributed by atoms with E-state index in [0.717, 1.165) is 31.9 Å². The van der Waals surface area contributed by atoms with Gasteiger partial charge in [-0.05, 0) is 38.5 Å². The molecule has 0 saturated carbocycles.